The fraction of sp³-hybridized carbons (Fsp3) is 0.321. The summed E-state index contributed by atoms with van der Waals surface area (Å²) in [7, 11) is 0. The Morgan fingerprint density at radius 2 is 1.79 bits per heavy atom. The number of nitrogens with zero attached hydrogens (tertiary/aromatic N) is 3. The summed E-state index contributed by atoms with van der Waals surface area (Å²) in [4.78, 5) is 34.7. The number of thiophene rings is 1. The van der Waals surface area contributed by atoms with Crippen molar-refractivity contribution in [2.24, 2.45) is 0 Å². The summed E-state index contributed by atoms with van der Waals surface area (Å²) < 4.78 is 1.68. The molecule has 6 heteroatoms. The number of carbonyl (C=O) groups is 1. The van der Waals surface area contributed by atoms with E-state index in [1.54, 1.807) is 4.57 Å². The zero-order valence-corrected chi connectivity index (χ0v) is 20.8. The number of hydrogen-bond acceptors (Lipinski definition) is 4. The van der Waals surface area contributed by atoms with Crippen LogP contribution in [0.3, 0.4) is 0 Å². The molecule has 0 saturated carbocycles. The quantitative estimate of drug-likeness (QED) is 0.264. The van der Waals surface area contributed by atoms with Gasteiger partial charge in [-0.1, -0.05) is 57.0 Å². The highest BCUT2D eigenvalue weighted by atomic mass is 32.1. The maximum Gasteiger partial charge on any atom is 0.266 e. The number of unbranched alkanes of at least 4 members (excludes halogenated alkanes) is 2. The molecule has 176 valence electrons. The number of rotatable bonds is 9. The molecule has 2 aromatic heterocycles. The lowest BCUT2D eigenvalue weighted by Crippen LogP contribution is -2.37. The summed E-state index contributed by atoms with van der Waals surface area (Å²) in [6.07, 6.45) is 3.94. The van der Waals surface area contributed by atoms with E-state index in [1.807, 2.05) is 77.9 Å². The normalized spacial score (nSPS) is 12.1. The van der Waals surface area contributed by atoms with E-state index in [-0.39, 0.29) is 17.5 Å². The monoisotopic (exact) mass is 473 g/mol. The molecule has 0 radical (unpaired) electrons. The van der Waals surface area contributed by atoms with Gasteiger partial charge in [-0.15, -0.1) is 11.3 Å². The van der Waals surface area contributed by atoms with E-state index in [0.717, 1.165) is 31.4 Å². The van der Waals surface area contributed by atoms with E-state index < -0.39 is 0 Å². The number of carbonyl (C=O) groups excluding carboxylic acids is 1. The van der Waals surface area contributed by atoms with E-state index in [2.05, 4.69) is 13.8 Å². The number of amides is 1. The average Bonchev–Trinajstić information content (AvgIpc) is 3.41. The van der Waals surface area contributed by atoms with E-state index in [1.165, 1.54) is 16.9 Å². The molecule has 1 amide bonds. The molecule has 5 nitrogen and oxygen atoms in total. The largest absolute Gasteiger partial charge is 0.328 e. The molecule has 2 aromatic carbocycles. The van der Waals surface area contributed by atoms with Crippen molar-refractivity contribution in [1.82, 2.24) is 14.5 Å². The molecule has 2 heterocycles. The minimum atomic E-state index is -0.380. The van der Waals surface area contributed by atoms with Crippen LogP contribution < -0.4 is 5.56 Å². The second kappa shape index (κ2) is 10.8. The van der Waals surface area contributed by atoms with Gasteiger partial charge in [0.2, 0.25) is 0 Å². The maximum atomic E-state index is 13.7. The van der Waals surface area contributed by atoms with Crippen LogP contribution in [0.2, 0.25) is 0 Å². The summed E-state index contributed by atoms with van der Waals surface area (Å²) in [6, 6.07) is 18.8. The molecule has 0 N–H and O–H groups in total. The Kier molecular flexibility index (Phi) is 7.58. The Labute approximate surface area is 204 Å². The van der Waals surface area contributed by atoms with Crippen molar-refractivity contribution in [3.63, 3.8) is 0 Å². The molecule has 1 atom stereocenters. The summed E-state index contributed by atoms with van der Waals surface area (Å²) in [5.74, 6) is 0.559. The van der Waals surface area contributed by atoms with Crippen molar-refractivity contribution >= 4 is 28.1 Å². The van der Waals surface area contributed by atoms with Gasteiger partial charge in [0.1, 0.15) is 5.82 Å². The van der Waals surface area contributed by atoms with Gasteiger partial charge in [0.05, 0.1) is 27.5 Å². The average molecular weight is 474 g/mol. The van der Waals surface area contributed by atoms with Crippen LogP contribution in [0.4, 0.5) is 0 Å². The van der Waals surface area contributed by atoms with Gasteiger partial charge < -0.3 is 4.90 Å². The lowest BCUT2D eigenvalue weighted by atomic mass is 10.1. The molecule has 4 aromatic rings. The first-order valence-corrected chi connectivity index (χ1v) is 12.9. The standard InChI is InChI=1S/C28H31N3O2S/c1-4-6-9-18-30(28(33)25-13-10-19-34-25)20(3)26-29-24-12-8-7-11-23(24)27(32)31(26)22-16-14-21(5-2)15-17-22/h7-8,10-17,19-20H,4-6,9,18H2,1-3H3. The number of aromatic nitrogens is 2. The Morgan fingerprint density at radius 1 is 1.03 bits per heavy atom. The third kappa shape index (κ3) is 4.82. The fourth-order valence-electron chi connectivity index (χ4n) is 4.24. The van der Waals surface area contributed by atoms with Gasteiger partial charge in [0, 0.05) is 6.54 Å². The van der Waals surface area contributed by atoms with Crippen LogP contribution in [0.25, 0.3) is 16.6 Å². The van der Waals surface area contributed by atoms with Gasteiger partial charge in [0.25, 0.3) is 11.5 Å². The minimum absolute atomic E-state index is 0.0195. The first-order valence-electron chi connectivity index (χ1n) is 12.0. The lowest BCUT2D eigenvalue weighted by Gasteiger charge is -2.30. The summed E-state index contributed by atoms with van der Waals surface area (Å²) >= 11 is 1.44. The highest BCUT2D eigenvalue weighted by molar-refractivity contribution is 7.12. The smallest absolute Gasteiger partial charge is 0.266 e. The fourth-order valence-corrected chi connectivity index (χ4v) is 4.92. The van der Waals surface area contributed by atoms with E-state index in [9.17, 15) is 9.59 Å². The van der Waals surface area contributed by atoms with Crippen LogP contribution in [-0.4, -0.2) is 26.9 Å². The first-order chi connectivity index (χ1) is 16.5. The van der Waals surface area contributed by atoms with E-state index >= 15 is 0 Å². The van der Waals surface area contributed by atoms with E-state index in [4.69, 9.17) is 4.98 Å². The molecule has 0 spiro atoms. The number of hydrogen-bond donors (Lipinski definition) is 0. The lowest BCUT2D eigenvalue weighted by molar-refractivity contribution is 0.0682. The third-order valence-electron chi connectivity index (χ3n) is 6.24. The van der Waals surface area contributed by atoms with Gasteiger partial charge >= 0.3 is 0 Å². The SMILES string of the molecule is CCCCCN(C(=O)c1cccs1)C(C)c1nc2ccccc2c(=O)n1-c1ccc(CC)cc1. The van der Waals surface area contributed by atoms with Crippen molar-refractivity contribution in [1.29, 1.82) is 0 Å². The molecule has 0 aliphatic rings. The van der Waals surface area contributed by atoms with Gasteiger partial charge in [-0.25, -0.2) is 4.98 Å². The Bertz CT molecular complexity index is 1310. The van der Waals surface area contributed by atoms with Crippen LogP contribution >= 0.6 is 11.3 Å². The second-order valence-electron chi connectivity index (χ2n) is 8.51. The molecule has 0 aliphatic heterocycles. The maximum absolute atomic E-state index is 13.7. The number of para-hydroxylation sites is 1. The molecule has 0 aliphatic carbocycles. The molecule has 0 bridgehead atoms. The van der Waals surface area contributed by atoms with Gasteiger partial charge in [-0.2, -0.15) is 0 Å². The number of aryl methyl sites for hydroxylation is 1. The van der Waals surface area contributed by atoms with Gasteiger partial charge in [-0.3, -0.25) is 14.2 Å². The van der Waals surface area contributed by atoms with Crippen LogP contribution in [0.15, 0.2) is 70.8 Å². The Hall–Kier alpha value is -3.25. The zero-order chi connectivity index (χ0) is 24.1. The minimum Gasteiger partial charge on any atom is -0.328 e. The molecule has 0 fully saturated rings. The van der Waals surface area contributed by atoms with Crippen molar-refractivity contribution < 1.29 is 4.79 Å². The zero-order valence-electron chi connectivity index (χ0n) is 20.0. The number of fused-ring (bicyclic) bond motifs is 1. The van der Waals surface area contributed by atoms with Crippen LogP contribution in [0, 0.1) is 0 Å². The van der Waals surface area contributed by atoms with Crippen LogP contribution in [-0.2, 0) is 6.42 Å². The highest BCUT2D eigenvalue weighted by Crippen LogP contribution is 2.26. The first kappa shape index (κ1) is 23.9. The third-order valence-corrected chi connectivity index (χ3v) is 7.10. The van der Waals surface area contributed by atoms with E-state index in [0.29, 0.717) is 28.1 Å². The summed E-state index contributed by atoms with van der Waals surface area (Å²) in [5.41, 5.74) is 2.50. The second-order valence-corrected chi connectivity index (χ2v) is 9.45. The summed E-state index contributed by atoms with van der Waals surface area (Å²) in [6.45, 7) is 6.85. The molecule has 4 rings (SSSR count). The van der Waals surface area contributed by atoms with Crippen LogP contribution in [0.5, 0.6) is 0 Å². The van der Waals surface area contributed by atoms with Crippen molar-refractivity contribution in [2.45, 2.75) is 52.5 Å². The Balaban J connectivity index is 1.87. The predicted octanol–water partition coefficient (Wildman–Crippen LogP) is 6.40. The molecule has 0 saturated heterocycles. The van der Waals surface area contributed by atoms with Gasteiger partial charge in [0.15, 0.2) is 0 Å². The van der Waals surface area contributed by atoms with Crippen molar-refractivity contribution in [3.8, 4) is 5.69 Å². The van der Waals surface area contributed by atoms with Crippen LogP contribution in [0.1, 0.15) is 67.1 Å². The summed E-state index contributed by atoms with van der Waals surface area (Å²) in [5, 5.41) is 2.49. The van der Waals surface area contributed by atoms with Crippen molar-refractivity contribution in [3.05, 3.63) is 92.7 Å². The molecular formula is C28H31N3O2S. The Morgan fingerprint density at radius 3 is 2.47 bits per heavy atom. The topological polar surface area (TPSA) is 55.2 Å². The van der Waals surface area contributed by atoms with Crippen molar-refractivity contribution in [2.75, 3.05) is 6.54 Å². The molecule has 1 unspecified atom stereocenters. The number of benzene rings is 2. The van der Waals surface area contributed by atoms with Gasteiger partial charge in [-0.05, 0) is 61.0 Å². The predicted molar refractivity (Wildman–Crippen MR) is 140 cm³/mol. The molecule has 34 heavy (non-hydrogen) atoms. The highest BCUT2D eigenvalue weighted by Gasteiger charge is 2.27. The molecular weight excluding hydrogens is 442 g/mol.